The van der Waals surface area contributed by atoms with Gasteiger partial charge in [0.15, 0.2) is 5.78 Å². The first-order valence-electron chi connectivity index (χ1n) is 7.33. The summed E-state index contributed by atoms with van der Waals surface area (Å²) in [6.07, 6.45) is 1.16. The van der Waals surface area contributed by atoms with Crippen molar-refractivity contribution >= 4 is 17.8 Å². The lowest BCUT2D eigenvalue weighted by molar-refractivity contribution is -0.137. The lowest BCUT2D eigenvalue weighted by Gasteiger charge is -2.25. The van der Waals surface area contributed by atoms with Crippen LogP contribution in [-0.2, 0) is 9.53 Å². The van der Waals surface area contributed by atoms with E-state index in [9.17, 15) is 9.59 Å². The van der Waals surface area contributed by atoms with Gasteiger partial charge in [0.05, 0.1) is 19.1 Å². The van der Waals surface area contributed by atoms with Crippen molar-refractivity contribution < 1.29 is 19.1 Å². The van der Waals surface area contributed by atoms with E-state index >= 15 is 0 Å². The fourth-order valence-corrected chi connectivity index (χ4v) is 2.55. The third-order valence-electron chi connectivity index (χ3n) is 3.73. The average molecular weight is 308 g/mol. The number of fused-ring (bicyclic) bond motifs is 1. The summed E-state index contributed by atoms with van der Waals surface area (Å²) in [6.45, 7) is 0. The maximum absolute atomic E-state index is 12.4. The Hall–Kier alpha value is -2.88. The van der Waals surface area contributed by atoms with Gasteiger partial charge in [0, 0.05) is 11.1 Å². The molecule has 4 nitrogen and oxygen atoms in total. The largest absolute Gasteiger partial charge is 0.484 e. The van der Waals surface area contributed by atoms with Crippen LogP contribution in [0.15, 0.2) is 60.2 Å². The van der Waals surface area contributed by atoms with E-state index in [2.05, 4.69) is 0 Å². The lowest BCUT2D eigenvalue weighted by Crippen LogP contribution is -2.30. The minimum absolute atomic E-state index is 0.0789. The Bertz CT molecular complexity index is 762. The minimum atomic E-state index is -0.648. The van der Waals surface area contributed by atoms with E-state index < -0.39 is 12.1 Å². The Labute approximate surface area is 134 Å². The topological polar surface area (TPSA) is 52.6 Å². The molecule has 0 spiro atoms. The van der Waals surface area contributed by atoms with E-state index in [0.29, 0.717) is 16.9 Å². The van der Waals surface area contributed by atoms with Gasteiger partial charge in [0.2, 0.25) is 0 Å². The molecular formula is C19H16O4. The van der Waals surface area contributed by atoms with Crippen molar-refractivity contribution in [1.29, 1.82) is 0 Å². The zero-order valence-corrected chi connectivity index (χ0v) is 12.7. The van der Waals surface area contributed by atoms with Crippen LogP contribution in [0.25, 0.3) is 6.08 Å². The van der Waals surface area contributed by atoms with Crippen molar-refractivity contribution in [3.8, 4) is 5.75 Å². The molecule has 4 heteroatoms. The zero-order valence-electron chi connectivity index (χ0n) is 12.7. The SMILES string of the molecule is COC(=O)C1=Cc2ccccc2OC1CC(=O)c1ccccc1. The number of carbonyl (C=O) groups excluding carboxylic acids is 2. The molecule has 0 amide bonds. The number of Topliss-reactive ketones (excluding diaryl/α,β-unsaturated/α-hetero) is 1. The molecular weight excluding hydrogens is 292 g/mol. The van der Waals surface area contributed by atoms with Crippen LogP contribution in [0.1, 0.15) is 22.3 Å². The number of carbonyl (C=O) groups is 2. The van der Waals surface area contributed by atoms with Crippen LogP contribution in [0.4, 0.5) is 0 Å². The van der Waals surface area contributed by atoms with Gasteiger partial charge in [-0.15, -0.1) is 0 Å². The van der Waals surface area contributed by atoms with Crippen LogP contribution in [0.3, 0.4) is 0 Å². The molecule has 0 saturated carbocycles. The van der Waals surface area contributed by atoms with Gasteiger partial charge in [0.25, 0.3) is 0 Å². The van der Waals surface area contributed by atoms with Gasteiger partial charge in [-0.1, -0.05) is 48.5 Å². The van der Waals surface area contributed by atoms with E-state index in [0.717, 1.165) is 5.56 Å². The number of ether oxygens (including phenoxy) is 2. The van der Waals surface area contributed by atoms with Crippen molar-refractivity contribution in [2.24, 2.45) is 0 Å². The van der Waals surface area contributed by atoms with Crippen LogP contribution < -0.4 is 4.74 Å². The third-order valence-corrected chi connectivity index (χ3v) is 3.73. The molecule has 23 heavy (non-hydrogen) atoms. The summed E-state index contributed by atoms with van der Waals surface area (Å²) in [5.41, 5.74) is 1.76. The predicted octanol–water partition coefficient (Wildman–Crippen LogP) is 3.28. The van der Waals surface area contributed by atoms with Gasteiger partial charge >= 0.3 is 5.97 Å². The number of rotatable bonds is 4. The molecule has 1 unspecified atom stereocenters. The lowest BCUT2D eigenvalue weighted by atomic mass is 9.96. The molecule has 1 heterocycles. The molecule has 116 valence electrons. The molecule has 0 fully saturated rings. The number of esters is 1. The summed E-state index contributed by atoms with van der Waals surface area (Å²) in [5.74, 6) is 0.0983. The molecule has 1 aliphatic rings. The highest BCUT2D eigenvalue weighted by Gasteiger charge is 2.30. The van der Waals surface area contributed by atoms with Crippen molar-refractivity contribution in [1.82, 2.24) is 0 Å². The van der Waals surface area contributed by atoms with E-state index in [1.54, 1.807) is 30.3 Å². The van der Waals surface area contributed by atoms with Crippen molar-refractivity contribution in [3.63, 3.8) is 0 Å². The first kappa shape index (κ1) is 15.0. The second-order valence-electron chi connectivity index (χ2n) is 5.23. The second kappa shape index (κ2) is 6.48. The Balaban J connectivity index is 1.89. The zero-order chi connectivity index (χ0) is 16.2. The number of hydrogen-bond donors (Lipinski definition) is 0. The molecule has 0 N–H and O–H groups in total. The summed E-state index contributed by atoms with van der Waals surface area (Å²) >= 11 is 0. The fourth-order valence-electron chi connectivity index (χ4n) is 2.55. The van der Waals surface area contributed by atoms with Crippen LogP contribution in [0.5, 0.6) is 5.75 Å². The Morgan fingerprint density at radius 2 is 1.74 bits per heavy atom. The number of benzene rings is 2. The molecule has 1 atom stereocenters. The Kier molecular flexibility index (Phi) is 4.24. The molecule has 0 radical (unpaired) electrons. The van der Waals surface area contributed by atoms with Gasteiger partial charge in [-0.2, -0.15) is 0 Å². The molecule has 0 bridgehead atoms. The third kappa shape index (κ3) is 3.16. The molecule has 2 aromatic rings. The number of methoxy groups -OCH3 is 1. The monoisotopic (exact) mass is 308 g/mol. The first-order chi connectivity index (χ1) is 11.2. The highest BCUT2D eigenvalue weighted by molar-refractivity contribution is 6.00. The molecule has 0 aliphatic carbocycles. The van der Waals surface area contributed by atoms with Crippen LogP contribution in [0.2, 0.25) is 0 Å². The molecule has 0 aromatic heterocycles. The standard InChI is InChI=1S/C19H16O4/c1-22-19(21)15-11-14-9-5-6-10-17(14)23-18(15)12-16(20)13-7-3-2-4-8-13/h2-11,18H,12H2,1H3. The van der Waals surface area contributed by atoms with Crippen molar-refractivity contribution in [2.45, 2.75) is 12.5 Å². The minimum Gasteiger partial charge on any atom is -0.484 e. The Morgan fingerprint density at radius 1 is 1.04 bits per heavy atom. The summed E-state index contributed by atoms with van der Waals surface area (Å²) in [5, 5.41) is 0. The highest BCUT2D eigenvalue weighted by atomic mass is 16.5. The van der Waals surface area contributed by atoms with E-state index in [-0.39, 0.29) is 12.2 Å². The van der Waals surface area contributed by atoms with Gasteiger partial charge in [-0.3, -0.25) is 4.79 Å². The summed E-state index contributed by atoms with van der Waals surface area (Å²) in [4.78, 5) is 24.4. The quantitative estimate of drug-likeness (QED) is 0.642. The van der Waals surface area contributed by atoms with Gasteiger partial charge in [-0.05, 0) is 12.1 Å². The predicted molar refractivity (Wildman–Crippen MR) is 86.2 cm³/mol. The number of ketones is 1. The van der Waals surface area contributed by atoms with Crippen LogP contribution >= 0.6 is 0 Å². The summed E-state index contributed by atoms with van der Waals surface area (Å²) in [7, 11) is 1.32. The summed E-state index contributed by atoms with van der Waals surface area (Å²) in [6, 6.07) is 16.4. The summed E-state index contributed by atoms with van der Waals surface area (Å²) < 4.78 is 10.7. The van der Waals surface area contributed by atoms with E-state index in [4.69, 9.17) is 9.47 Å². The normalized spacial score (nSPS) is 15.9. The van der Waals surface area contributed by atoms with Gasteiger partial charge in [-0.25, -0.2) is 4.79 Å². The number of para-hydroxylation sites is 1. The number of hydrogen-bond acceptors (Lipinski definition) is 4. The molecule has 2 aromatic carbocycles. The molecule has 1 aliphatic heterocycles. The van der Waals surface area contributed by atoms with Crippen LogP contribution in [0, 0.1) is 0 Å². The van der Waals surface area contributed by atoms with E-state index in [1.807, 2.05) is 30.3 Å². The Morgan fingerprint density at radius 3 is 2.48 bits per heavy atom. The van der Waals surface area contributed by atoms with Crippen molar-refractivity contribution in [3.05, 3.63) is 71.3 Å². The highest BCUT2D eigenvalue weighted by Crippen LogP contribution is 2.31. The van der Waals surface area contributed by atoms with Crippen LogP contribution in [-0.4, -0.2) is 25.0 Å². The molecule has 3 rings (SSSR count). The smallest absolute Gasteiger partial charge is 0.337 e. The molecule has 0 saturated heterocycles. The fraction of sp³-hybridized carbons (Fsp3) is 0.158. The average Bonchev–Trinajstić information content (AvgIpc) is 2.61. The first-order valence-corrected chi connectivity index (χ1v) is 7.33. The van der Waals surface area contributed by atoms with E-state index in [1.165, 1.54) is 7.11 Å². The van der Waals surface area contributed by atoms with Crippen molar-refractivity contribution in [2.75, 3.05) is 7.11 Å². The van der Waals surface area contributed by atoms with Gasteiger partial charge in [0.1, 0.15) is 11.9 Å². The maximum Gasteiger partial charge on any atom is 0.337 e. The maximum atomic E-state index is 12.4. The second-order valence-corrected chi connectivity index (χ2v) is 5.23. The van der Waals surface area contributed by atoms with Gasteiger partial charge < -0.3 is 9.47 Å².